The second-order valence-corrected chi connectivity index (χ2v) is 6.64. The first-order chi connectivity index (χ1) is 10.5. The maximum Gasteiger partial charge on any atom is 0.224 e. The van der Waals surface area contributed by atoms with Crippen molar-refractivity contribution in [2.24, 2.45) is 5.92 Å². The Morgan fingerprint density at radius 3 is 2.82 bits per heavy atom. The van der Waals surface area contributed by atoms with Crippen LogP contribution < -0.4 is 5.32 Å². The third-order valence-electron chi connectivity index (χ3n) is 3.96. The molecule has 0 aliphatic heterocycles. The van der Waals surface area contributed by atoms with E-state index in [4.69, 9.17) is 27.6 Å². The zero-order valence-electron chi connectivity index (χ0n) is 12.2. The highest BCUT2D eigenvalue weighted by Crippen LogP contribution is 2.47. The first kappa shape index (κ1) is 15.4. The Bertz CT molecular complexity index is 696. The van der Waals surface area contributed by atoms with Gasteiger partial charge in [-0.1, -0.05) is 30.1 Å². The Morgan fingerprint density at radius 2 is 2.09 bits per heavy atom. The first-order valence-electron chi connectivity index (χ1n) is 7.36. The van der Waals surface area contributed by atoms with E-state index in [1.807, 2.05) is 12.1 Å². The van der Waals surface area contributed by atoms with Crippen LogP contribution in [0.5, 0.6) is 0 Å². The van der Waals surface area contributed by atoms with E-state index in [1.54, 1.807) is 18.2 Å². The van der Waals surface area contributed by atoms with Crippen LogP contribution in [0.15, 0.2) is 34.7 Å². The lowest BCUT2D eigenvalue weighted by Gasteiger charge is -2.07. The SMILES string of the molecule is C[C@H]1C[C@@H]1c1ccc(CCC(=O)Nc2cc(Cl)ccc2Cl)o1. The summed E-state index contributed by atoms with van der Waals surface area (Å²) in [5.41, 5.74) is 0.533. The van der Waals surface area contributed by atoms with Gasteiger partial charge in [-0.05, 0) is 42.7 Å². The lowest BCUT2D eigenvalue weighted by atomic mass is 10.2. The van der Waals surface area contributed by atoms with Crippen molar-refractivity contribution in [2.75, 3.05) is 5.32 Å². The van der Waals surface area contributed by atoms with Gasteiger partial charge in [-0.3, -0.25) is 4.79 Å². The number of amides is 1. The number of nitrogens with one attached hydrogen (secondary N) is 1. The molecule has 3 rings (SSSR count). The number of carbonyl (C=O) groups is 1. The molecule has 0 spiro atoms. The van der Waals surface area contributed by atoms with E-state index in [0.717, 1.165) is 11.5 Å². The maximum absolute atomic E-state index is 12.0. The summed E-state index contributed by atoms with van der Waals surface area (Å²) in [7, 11) is 0. The fraction of sp³-hybridized carbons (Fsp3) is 0.353. The van der Waals surface area contributed by atoms with E-state index < -0.39 is 0 Å². The largest absolute Gasteiger partial charge is 0.466 e. The highest BCUT2D eigenvalue weighted by Gasteiger charge is 2.36. The molecule has 1 heterocycles. The minimum Gasteiger partial charge on any atom is -0.466 e. The van der Waals surface area contributed by atoms with E-state index in [0.29, 0.717) is 40.4 Å². The van der Waals surface area contributed by atoms with Gasteiger partial charge >= 0.3 is 0 Å². The Labute approximate surface area is 139 Å². The summed E-state index contributed by atoms with van der Waals surface area (Å²) >= 11 is 11.9. The topological polar surface area (TPSA) is 42.2 Å². The van der Waals surface area contributed by atoms with Crippen LogP contribution in [0, 0.1) is 5.92 Å². The number of aryl methyl sites for hydroxylation is 1. The molecule has 3 nitrogen and oxygen atoms in total. The van der Waals surface area contributed by atoms with Crippen LogP contribution in [0.4, 0.5) is 5.69 Å². The zero-order valence-corrected chi connectivity index (χ0v) is 13.7. The normalized spacial score (nSPS) is 20.0. The molecule has 2 aromatic rings. The van der Waals surface area contributed by atoms with Crippen molar-refractivity contribution in [3.63, 3.8) is 0 Å². The quantitative estimate of drug-likeness (QED) is 0.806. The monoisotopic (exact) mass is 337 g/mol. The van der Waals surface area contributed by atoms with Crippen LogP contribution in [0.1, 0.15) is 37.2 Å². The summed E-state index contributed by atoms with van der Waals surface area (Å²) in [4.78, 5) is 12.0. The number of benzene rings is 1. The van der Waals surface area contributed by atoms with Crippen molar-refractivity contribution in [2.45, 2.75) is 32.1 Å². The van der Waals surface area contributed by atoms with Gasteiger partial charge in [0.1, 0.15) is 11.5 Å². The molecule has 5 heteroatoms. The van der Waals surface area contributed by atoms with Crippen LogP contribution in [0.3, 0.4) is 0 Å². The van der Waals surface area contributed by atoms with E-state index in [2.05, 4.69) is 12.2 Å². The molecule has 22 heavy (non-hydrogen) atoms. The average Bonchev–Trinajstić information content (AvgIpc) is 3.02. The summed E-state index contributed by atoms with van der Waals surface area (Å²) in [6.45, 7) is 2.22. The van der Waals surface area contributed by atoms with E-state index in [1.165, 1.54) is 6.42 Å². The van der Waals surface area contributed by atoms with Crippen LogP contribution in [0.2, 0.25) is 10.0 Å². The highest BCUT2D eigenvalue weighted by atomic mass is 35.5. The van der Waals surface area contributed by atoms with Crippen LogP contribution in [-0.2, 0) is 11.2 Å². The van der Waals surface area contributed by atoms with Crippen molar-refractivity contribution in [1.29, 1.82) is 0 Å². The second kappa shape index (κ2) is 6.35. The molecule has 1 amide bonds. The fourth-order valence-corrected chi connectivity index (χ4v) is 2.83. The molecule has 0 radical (unpaired) electrons. The van der Waals surface area contributed by atoms with Gasteiger partial charge in [-0.15, -0.1) is 0 Å². The minimum atomic E-state index is -0.109. The van der Waals surface area contributed by atoms with E-state index in [-0.39, 0.29) is 5.91 Å². The highest BCUT2D eigenvalue weighted by molar-refractivity contribution is 6.35. The smallest absolute Gasteiger partial charge is 0.224 e. The number of hydrogen-bond donors (Lipinski definition) is 1. The minimum absolute atomic E-state index is 0.109. The number of carbonyl (C=O) groups excluding carboxylic acids is 1. The Hall–Kier alpha value is -1.45. The number of rotatable bonds is 5. The molecule has 116 valence electrons. The van der Waals surface area contributed by atoms with Gasteiger partial charge in [0, 0.05) is 23.8 Å². The Kier molecular flexibility index (Phi) is 4.46. The summed E-state index contributed by atoms with van der Waals surface area (Å²) < 4.78 is 5.79. The third kappa shape index (κ3) is 3.65. The van der Waals surface area contributed by atoms with E-state index >= 15 is 0 Å². The standard InChI is InChI=1S/C17H17Cl2NO2/c1-10-8-13(10)16-6-3-12(22-16)4-7-17(21)20-15-9-11(18)2-5-14(15)19/h2-3,5-6,9-10,13H,4,7-8H2,1H3,(H,20,21)/t10-,13-/m0/s1. The first-order valence-corrected chi connectivity index (χ1v) is 8.12. The van der Waals surface area contributed by atoms with Crippen molar-refractivity contribution in [3.05, 3.63) is 51.9 Å². The maximum atomic E-state index is 12.0. The molecule has 1 aromatic heterocycles. The summed E-state index contributed by atoms with van der Waals surface area (Å²) in [5.74, 6) is 3.06. The van der Waals surface area contributed by atoms with Crippen LogP contribution >= 0.6 is 23.2 Å². The van der Waals surface area contributed by atoms with Gasteiger partial charge in [0.05, 0.1) is 10.7 Å². The molecule has 1 aliphatic rings. The second-order valence-electron chi connectivity index (χ2n) is 5.80. The van der Waals surface area contributed by atoms with Gasteiger partial charge in [0.15, 0.2) is 0 Å². The van der Waals surface area contributed by atoms with Gasteiger partial charge in [0.25, 0.3) is 0 Å². The fourth-order valence-electron chi connectivity index (χ4n) is 2.49. The number of hydrogen-bond acceptors (Lipinski definition) is 2. The molecular formula is C17H17Cl2NO2. The van der Waals surface area contributed by atoms with Crippen molar-refractivity contribution in [3.8, 4) is 0 Å². The van der Waals surface area contributed by atoms with Crippen molar-refractivity contribution in [1.82, 2.24) is 0 Å². The van der Waals surface area contributed by atoms with Gasteiger partial charge in [-0.2, -0.15) is 0 Å². The molecule has 1 saturated carbocycles. The van der Waals surface area contributed by atoms with Crippen molar-refractivity contribution < 1.29 is 9.21 Å². The number of anilines is 1. The lowest BCUT2D eigenvalue weighted by molar-refractivity contribution is -0.116. The zero-order chi connectivity index (χ0) is 15.7. The summed E-state index contributed by atoms with van der Waals surface area (Å²) in [6, 6.07) is 8.97. The average molecular weight is 338 g/mol. The molecule has 0 unspecified atom stereocenters. The molecule has 1 aliphatic carbocycles. The molecule has 1 N–H and O–H groups in total. The predicted octanol–water partition coefficient (Wildman–Crippen LogP) is 5.28. The lowest BCUT2D eigenvalue weighted by Crippen LogP contribution is -2.12. The van der Waals surface area contributed by atoms with Crippen molar-refractivity contribution >= 4 is 34.8 Å². The van der Waals surface area contributed by atoms with Crippen LogP contribution in [-0.4, -0.2) is 5.91 Å². The van der Waals surface area contributed by atoms with E-state index in [9.17, 15) is 4.79 Å². The van der Waals surface area contributed by atoms with Crippen LogP contribution in [0.25, 0.3) is 0 Å². The van der Waals surface area contributed by atoms with Gasteiger partial charge in [0.2, 0.25) is 5.91 Å². The number of halogens is 2. The molecule has 0 bridgehead atoms. The molecule has 2 atom stereocenters. The molecule has 1 fully saturated rings. The predicted molar refractivity (Wildman–Crippen MR) is 88.6 cm³/mol. The Balaban J connectivity index is 1.54. The molecule has 1 aromatic carbocycles. The third-order valence-corrected chi connectivity index (χ3v) is 4.52. The number of furan rings is 1. The summed E-state index contributed by atoms with van der Waals surface area (Å²) in [5, 5.41) is 3.78. The molecular weight excluding hydrogens is 321 g/mol. The van der Waals surface area contributed by atoms with Gasteiger partial charge < -0.3 is 9.73 Å². The summed E-state index contributed by atoms with van der Waals surface area (Å²) in [6.07, 6.45) is 2.11. The molecule has 0 saturated heterocycles. The Morgan fingerprint density at radius 1 is 1.32 bits per heavy atom. The van der Waals surface area contributed by atoms with Gasteiger partial charge in [-0.25, -0.2) is 0 Å².